The van der Waals surface area contributed by atoms with Crippen molar-refractivity contribution in [3.63, 3.8) is 0 Å². The van der Waals surface area contributed by atoms with Crippen LogP contribution in [0, 0.1) is 18.3 Å². The summed E-state index contributed by atoms with van der Waals surface area (Å²) in [7, 11) is 0. The van der Waals surface area contributed by atoms with Crippen LogP contribution in [-0.2, 0) is 6.18 Å². The van der Waals surface area contributed by atoms with E-state index in [1.54, 1.807) is 6.07 Å². The largest absolute Gasteiger partial charge is 0.491 e. The van der Waals surface area contributed by atoms with E-state index >= 15 is 0 Å². The molecule has 0 amide bonds. The first-order valence-corrected chi connectivity index (χ1v) is 7.52. The molecule has 0 radical (unpaired) electrons. The highest BCUT2D eigenvalue weighted by molar-refractivity contribution is 5.53. The predicted molar refractivity (Wildman–Crippen MR) is 87.3 cm³/mol. The molecule has 0 saturated heterocycles. The van der Waals surface area contributed by atoms with Crippen LogP contribution in [0.25, 0.3) is 0 Å². The second kappa shape index (κ2) is 7.90. The summed E-state index contributed by atoms with van der Waals surface area (Å²) < 4.78 is 44.2. The molecule has 1 atom stereocenters. The van der Waals surface area contributed by atoms with Crippen molar-refractivity contribution < 1.29 is 23.0 Å². The van der Waals surface area contributed by atoms with Gasteiger partial charge in [0, 0.05) is 12.2 Å². The topological polar surface area (TPSA) is 65.3 Å². The quantitative estimate of drug-likeness (QED) is 0.833. The summed E-state index contributed by atoms with van der Waals surface area (Å²) >= 11 is 0. The molecule has 0 fully saturated rings. The van der Waals surface area contributed by atoms with Crippen LogP contribution in [0.4, 0.5) is 18.9 Å². The molecule has 0 aliphatic rings. The molecule has 2 N–H and O–H groups in total. The lowest BCUT2D eigenvalue weighted by Gasteiger charge is -2.16. The lowest BCUT2D eigenvalue weighted by Crippen LogP contribution is -2.26. The number of nitriles is 1. The van der Waals surface area contributed by atoms with Gasteiger partial charge in [0.05, 0.1) is 17.2 Å². The van der Waals surface area contributed by atoms with Crippen LogP contribution in [0.5, 0.6) is 5.75 Å². The fourth-order valence-electron chi connectivity index (χ4n) is 2.18. The Hall–Kier alpha value is -2.72. The van der Waals surface area contributed by atoms with Crippen molar-refractivity contribution in [3.8, 4) is 11.8 Å². The number of hydrogen-bond acceptors (Lipinski definition) is 4. The Balaban J connectivity index is 1.93. The van der Waals surface area contributed by atoms with Gasteiger partial charge in [-0.1, -0.05) is 12.1 Å². The zero-order chi connectivity index (χ0) is 18.4. The number of benzene rings is 2. The van der Waals surface area contributed by atoms with Crippen LogP contribution < -0.4 is 10.1 Å². The van der Waals surface area contributed by atoms with Gasteiger partial charge in [0.15, 0.2) is 0 Å². The predicted octanol–water partition coefficient (Wildman–Crippen LogP) is 3.74. The van der Waals surface area contributed by atoms with E-state index in [1.807, 2.05) is 25.1 Å². The highest BCUT2D eigenvalue weighted by Crippen LogP contribution is 2.33. The molecule has 0 bridgehead atoms. The van der Waals surface area contributed by atoms with Crippen LogP contribution >= 0.6 is 0 Å². The zero-order valence-corrected chi connectivity index (χ0v) is 13.5. The smallest absolute Gasteiger partial charge is 0.417 e. The molecule has 2 aromatic rings. The molecule has 2 rings (SSSR count). The molecule has 0 aliphatic carbocycles. The number of rotatable bonds is 6. The van der Waals surface area contributed by atoms with Gasteiger partial charge in [-0.15, -0.1) is 0 Å². The molecule has 0 aromatic heterocycles. The summed E-state index contributed by atoms with van der Waals surface area (Å²) in [6, 6.07) is 12.1. The standard InChI is InChI=1S/C18H17F3N2O2/c1-12-3-2-4-16(7-12)25-11-15(24)10-23-14-6-5-13(9-22)17(8-14)18(19,20)21/h2-8,15,23-24H,10-11H2,1H3. The number of anilines is 1. The average Bonchev–Trinajstić information content (AvgIpc) is 2.57. The van der Waals surface area contributed by atoms with Gasteiger partial charge in [-0.2, -0.15) is 18.4 Å². The summed E-state index contributed by atoms with van der Waals surface area (Å²) in [5.74, 6) is 0.608. The van der Waals surface area contributed by atoms with Crippen LogP contribution in [0.2, 0.25) is 0 Å². The summed E-state index contributed by atoms with van der Waals surface area (Å²) in [5.41, 5.74) is -0.268. The Kier molecular flexibility index (Phi) is 5.88. The number of ether oxygens (including phenoxy) is 1. The minimum absolute atomic E-state index is 0.00113. The van der Waals surface area contributed by atoms with E-state index in [9.17, 15) is 18.3 Å². The maximum absolute atomic E-state index is 12.9. The number of halogens is 3. The van der Waals surface area contributed by atoms with Crippen molar-refractivity contribution in [1.82, 2.24) is 0 Å². The Labute approximate surface area is 143 Å². The summed E-state index contributed by atoms with van der Waals surface area (Å²) in [6.07, 6.45) is -5.53. The number of aliphatic hydroxyl groups is 1. The Morgan fingerprint density at radius 1 is 1.24 bits per heavy atom. The van der Waals surface area contributed by atoms with Gasteiger partial charge in [-0.3, -0.25) is 0 Å². The van der Waals surface area contributed by atoms with Gasteiger partial charge < -0.3 is 15.2 Å². The molecule has 4 nitrogen and oxygen atoms in total. The van der Waals surface area contributed by atoms with E-state index in [1.165, 1.54) is 12.1 Å². The van der Waals surface area contributed by atoms with E-state index < -0.39 is 23.4 Å². The first-order chi connectivity index (χ1) is 11.8. The van der Waals surface area contributed by atoms with Gasteiger partial charge in [0.1, 0.15) is 18.5 Å². The third kappa shape index (κ3) is 5.40. The maximum Gasteiger partial charge on any atom is 0.417 e. The number of nitrogens with one attached hydrogen (secondary N) is 1. The van der Waals surface area contributed by atoms with E-state index in [0.29, 0.717) is 5.75 Å². The fraction of sp³-hybridized carbons (Fsp3) is 0.278. The number of aliphatic hydroxyl groups excluding tert-OH is 1. The number of hydrogen-bond donors (Lipinski definition) is 2. The molecule has 0 spiro atoms. The number of nitrogens with zero attached hydrogens (tertiary/aromatic N) is 1. The first kappa shape index (κ1) is 18.6. The Bertz CT molecular complexity index is 770. The van der Waals surface area contributed by atoms with E-state index in [-0.39, 0.29) is 18.8 Å². The lowest BCUT2D eigenvalue weighted by molar-refractivity contribution is -0.137. The van der Waals surface area contributed by atoms with Gasteiger partial charge >= 0.3 is 6.18 Å². The van der Waals surface area contributed by atoms with E-state index in [2.05, 4.69) is 5.32 Å². The molecule has 1 unspecified atom stereocenters. The van der Waals surface area contributed by atoms with Gasteiger partial charge in [-0.05, 0) is 42.8 Å². The summed E-state index contributed by atoms with van der Waals surface area (Å²) in [5, 5.41) is 21.4. The first-order valence-electron chi connectivity index (χ1n) is 7.52. The second-order valence-corrected chi connectivity index (χ2v) is 5.53. The number of alkyl halides is 3. The third-order valence-corrected chi connectivity index (χ3v) is 3.42. The van der Waals surface area contributed by atoms with Crippen LogP contribution in [0.15, 0.2) is 42.5 Å². The zero-order valence-electron chi connectivity index (χ0n) is 13.5. The van der Waals surface area contributed by atoms with E-state index in [0.717, 1.165) is 17.7 Å². The number of aryl methyl sites for hydroxylation is 1. The Morgan fingerprint density at radius 2 is 2.00 bits per heavy atom. The fourth-order valence-corrected chi connectivity index (χ4v) is 2.18. The molecular formula is C18H17F3N2O2. The minimum atomic E-state index is -4.62. The summed E-state index contributed by atoms with van der Waals surface area (Å²) in [6.45, 7) is 1.92. The molecule has 25 heavy (non-hydrogen) atoms. The highest BCUT2D eigenvalue weighted by atomic mass is 19.4. The molecule has 7 heteroatoms. The third-order valence-electron chi connectivity index (χ3n) is 3.42. The van der Waals surface area contributed by atoms with Crippen LogP contribution in [0.3, 0.4) is 0 Å². The lowest BCUT2D eigenvalue weighted by atomic mass is 10.1. The SMILES string of the molecule is Cc1cccc(OCC(O)CNc2ccc(C#N)c(C(F)(F)F)c2)c1. The molecule has 0 aliphatic heterocycles. The molecule has 132 valence electrons. The summed E-state index contributed by atoms with van der Waals surface area (Å²) in [4.78, 5) is 0. The monoisotopic (exact) mass is 350 g/mol. The van der Waals surface area contributed by atoms with Crippen molar-refractivity contribution >= 4 is 5.69 Å². The van der Waals surface area contributed by atoms with Gasteiger partial charge in [0.25, 0.3) is 0 Å². The molecule has 0 saturated carbocycles. The van der Waals surface area contributed by atoms with Crippen molar-refractivity contribution in [2.24, 2.45) is 0 Å². The molecule has 2 aromatic carbocycles. The van der Waals surface area contributed by atoms with E-state index in [4.69, 9.17) is 10.00 Å². The maximum atomic E-state index is 12.9. The van der Waals surface area contributed by atoms with Crippen molar-refractivity contribution in [3.05, 3.63) is 59.2 Å². The van der Waals surface area contributed by atoms with Gasteiger partial charge in [-0.25, -0.2) is 0 Å². The molecular weight excluding hydrogens is 333 g/mol. The Morgan fingerprint density at radius 3 is 2.64 bits per heavy atom. The van der Waals surface area contributed by atoms with Crippen molar-refractivity contribution in [1.29, 1.82) is 5.26 Å². The second-order valence-electron chi connectivity index (χ2n) is 5.53. The minimum Gasteiger partial charge on any atom is -0.491 e. The van der Waals surface area contributed by atoms with Crippen LogP contribution in [-0.4, -0.2) is 24.4 Å². The highest BCUT2D eigenvalue weighted by Gasteiger charge is 2.33. The van der Waals surface area contributed by atoms with Crippen molar-refractivity contribution in [2.45, 2.75) is 19.2 Å². The molecule has 0 heterocycles. The van der Waals surface area contributed by atoms with Gasteiger partial charge in [0.2, 0.25) is 0 Å². The van der Waals surface area contributed by atoms with Crippen molar-refractivity contribution in [2.75, 3.05) is 18.5 Å². The normalized spacial score (nSPS) is 12.3. The average molecular weight is 350 g/mol. The van der Waals surface area contributed by atoms with Crippen LogP contribution in [0.1, 0.15) is 16.7 Å².